The van der Waals surface area contributed by atoms with Crippen LogP contribution in [-0.2, 0) is 0 Å². The van der Waals surface area contributed by atoms with Crippen molar-refractivity contribution in [1.29, 1.82) is 0 Å². The smallest absolute Gasteiger partial charge is 0.119 e. The standard InChI is InChI=1S/C15H26N2O/c1-12(15(2,3)4)17(5)10-11-18-14-8-6-13(16)7-9-14/h6-9,12H,10-11,16H2,1-5H3. The van der Waals surface area contributed by atoms with Gasteiger partial charge in [-0.3, -0.25) is 4.90 Å². The Labute approximate surface area is 111 Å². The lowest BCUT2D eigenvalue weighted by Crippen LogP contribution is -2.41. The molecule has 0 radical (unpaired) electrons. The van der Waals surface area contributed by atoms with E-state index in [9.17, 15) is 0 Å². The number of hydrogen-bond donors (Lipinski definition) is 1. The minimum Gasteiger partial charge on any atom is -0.492 e. The van der Waals surface area contributed by atoms with Crippen molar-refractivity contribution in [2.24, 2.45) is 5.41 Å². The largest absolute Gasteiger partial charge is 0.492 e. The molecule has 0 aliphatic rings. The van der Waals surface area contributed by atoms with E-state index in [-0.39, 0.29) is 5.41 Å². The molecule has 102 valence electrons. The molecule has 0 bridgehead atoms. The highest BCUT2D eigenvalue weighted by Gasteiger charge is 2.23. The maximum Gasteiger partial charge on any atom is 0.119 e. The van der Waals surface area contributed by atoms with Crippen LogP contribution in [0.5, 0.6) is 5.75 Å². The predicted octanol–water partition coefficient (Wildman–Crippen LogP) is 3.01. The molecule has 0 fully saturated rings. The second kappa shape index (κ2) is 6.10. The third-order valence-corrected chi connectivity index (χ3v) is 3.51. The first-order chi connectivity index (χ1) is 8.30. The SMILES string of the molecule is CC(N(C)CCOc1ccc(N)cc1)C(C)(C)C. The molecule has 3 nitrogen and oxygen atoms in total. The first kappa shape index (κ1) is 14.8. The number of nitrogen functional groups attached to an aromatic ring is 1. The van der Waals surface area contributed by atoms with Gasteiger partial charge in [-0.1, -0.05) is 20.8 Å². The lowest BCUT2D eigenvalue weighted by Gasteiger charge is -2.35. The van der Waals surface area contributed by atoms with Crippen molar-refractivity contribution in [1.82, 2.24) is 4.90 Å². The van der Waals surface area contributed by atoms with Crippen LogP contribution >= 0.6 is 0 Å². The Bertz CT molecular complexity index is 354. The quantitative estimate of drug-likeness (QED) is 0.816. The Balaban J connectivity index is 2.35. The summed E-state index contributed by atoms with van der Waals surface area (Å²) in [6.07, 6.45) is 0. The van der Waals surface area contributed by atoms with Crippen LogP contribution in [0.1, 0.15) is 27.7 Å². The van der Waals surface area contributed by atoms with Gasteiger partial charge in [0.05, 0.1) is 0 Å². The zero-order valence-electron chi connectivity index (χ0n) is 12.2. The Morgan fingerprint density at radius 2 is 1.78 bits per heavy atom. The van der Waals surface area contributed by atoms with Gasteiger partial charge >= 0.3 is 0 Å². The highest BCUT2D eigenvalue weighted by molar-refractivity contribution is 5.41. The monoisotopic (exact) mass is 250 g/mol. The van der Waals surface area contributed by atoms with Gasteiger partial charge < -0.3 is 10.5 Å². The third-order valence-electron chi connectivity index (χ3n) is 3.51. The summed E-state index contributed by atoms with van der Waals surface area (Å²) in [5.41, 5.74) is 6.68. The van der Waals surface area contributed by atoms with Crippen molar-refractivity contribution >= 4 is 5.69 Å². The van der Waals surface area contributed by atoms with E-state index in [1.54, 1.807) is 0 Å². The van der Waals surface area contributed by atoms with Crippen molar-refractivity contribution in [3.63, 3.8) is 0 Å². The minimum absolute atomic E-state index is 0.288. The van der Waals surface area contributed by atoms with Crippen molar-refractivity contribution in [3.8, 4) is 5.75 Å². The van der Waals surface area contributed by atoms with E-state index in [0.717, 1.165) is 18.0 Å². The zero-order chi connectivity index (χ0) is 13.8. The van der Waals surface area contributed by atoms with Crippen molar-refractivity contribution < 1.29 is 4.74 Å². The molecule has 0 amide bonds. The van der Waals surface area contributed by atoms with Crippen molar-refractivity contribution in [2.75, 3.05) is 25.9 Å². The maximum atomic E-state index is 5.70. The summed E-state index contributed by atoms with van der Waals surface area (Å²) < 4.78 is 5.70. The number of hydrogen-bond acceptors (Lipinski definition) is 3. The van der Waals surface area contributed by atoms with E-state index < -0.39 is 0 Å². The molecule has 1 unspecified atom stereocenters. The number of benzene rings is 1. The Kier molecular flexibility index (Phi) is 5.03. The lowest BCUT2D eigenvalue weighted by atomic mass is 9.87. The van der Waals surface area contributed by atoms with Crippen molar-refractivity contribution in [3.05, 3.63) is 24.3 Å². The van der Waals surface area contributed by atoms with E-state index in [1.807, 2.05) is 24.3 Å². The zero-order valence-corrected chi connectivity index (χ0v) is 12.2. The van der Waals surface area contributed by atoms with Crippen LogP contribution < -0.4 is 10.5 Å². The molecule has 3 heteroatoms. The summed E-state index contributed by atoms with van der Waals surface area (Å²) in [6.45, 7) is 10.6. The molecule has 0 saturated heterocycles. The molecule has 1 rings (SSSR count). The van der Waals surface area contributed by atoms with Gasteiger partial charge in [-0.2, -0.15) is 0 Å². The molecule has 1 aromatic rings. The molecule has 0 aliphatic heterocycles. The summed E-state index contributed by atoms with van der Waals surface area (Å²) in [6, 6.07) is 8.05. The fourth-order valence-corrected chi connectivity index (χ4v) is 1.73. The number of likely N-dealkylation sites (N-methyl/N-ethyl adjacent to an activating group) is 1. The molecule has 0 saturated carbocycles. The molecule has 18 heavy (non-hydrogen) atoms. The van der Waals surface area contributed by atoms with Gasteiger partial charge in [0.15, 0.2) is 0 Å². The Hall–Kier alpha value is -1.22. The Morgan fingerprint density at radius 1 is 1.22 bits per heavy atom. The Morgan fingerprint density at radius 3 is 2.28 bits per heavy atom. The minimum atomic E-state index is 0.288. The number of nitrogens with two attached hydrogens (primary N) is 1. The van der Waals surface area contributed by atoms with Gasteiger partial charge in [0, 0.05) is 18.3 Å². The fraction of sp³-hybridized carbons (Fsp3) is 0.600. The second-order valence-electron chi connectivity index (χ2n) is 5.94. The van der Waals surface area contributed by atoms with E-state index in [2.05, 4.69) is 39.6 Å². The van der Waals surface area contributed by atoms with E-state index in [1.165, 1.54) is 0 Å². The normalized spacial score (nSPS) is 13.7. The average molecular weight is 250 g/mol. The maximum absolute atomic E-state index is 5.70. The predicted molar refractivity (Wildman–Crippen MR) is 77.9 cm³/mol. The summed E-state index contributed by atoms with van der Waals surface area (Å²) >= 11 is 0. The van der Waals surface area contributed by atoms with E-state index in [4.69, 9.17) is 10.5 Å². The average Bonchev–Trinajstić information content (AvgIpc) is 2.29. The molecule has 1 atom stereocenters. The first-order valence-electron chi connectivity index (χ1n) is 6.49. The van der Waals surface area contributed by atoms with Gasteiger partial charge in [-0.15, -0.1) is 0 Å². The lowest BCUT2D eigenvalue weighted by molar-refractivity contribution is 0.121. The number of nitrogens with zero attached hydrogens (tertiary/aromatic N) is 1. The van der Waals surface area contributed by atoms with Crippen LogP contribution in [0.25, 0.3) is 0 Å². The van der Waals surface area contributed by atoms with Crippen LogP contribution in [0, 0.1) is 5.41 Å². The van der Waals surface area contributed by atoms with Crippen LogP contribution in [0.15, 0.2) is 24.3 Å². The van der Waals surface area contributed by atoms with Crippen LogP contribution in [-0.4, -0.2) is 31.1 Å². The molecule has 0 heterocycles. The van der Waals surface area contributed by atoms with Gasteiger partial charge in [0.1, 0.15) is 12.4 Å². The van der Waals surface area contributed by atoms with Gasteiger partial charge in [0.25, 0.3) is 0 Å². The van der Waals surface area contributed by atoms with Crippen LogP contribution in [0.3, 0.4) is 0 Å². The molecular weight excluding hydrogens is 224 g/mol. The molecule has 0 aromatic heterocycles. The van der Waals surface area contributed by atoms with Crippen LogP contribution in [0.4, 0.5) is 5.69 Å². The third kappa shape index (κ3) is 4.57. The van der Waals surface area contributed by atoms with Gasteiger partial charge in [-0.25, -0.2) is 0 Å². The molecule has 1 aromatic carbocycles. The first-order valence-corrected chi connectivity index (χ1v) is 6.49. The second-order valence-corrected chi connectivity index (χ2v) is 5.94. The molecule has 2 N–H and O–H groups in total. The van der Waals surface area contributed by atoms with Crippen LogP contribution in [0.2, 0.25) is 0 Å². The van der Waals surface area contributed by atoms with Crippen molar-refractivity contribution in [2.45, 2.75) is 33.7 Å². The number of anilines is 1. The fourth-order valence-electron chi connectivity index (χ4n) is 1.73. The van der Waals surface area contributed by atoms with E-state index >= 15 is 0 Å². The molecule has 0 aliphatic carbocycles. The molecule has 0 spiro atoms. The summed E-state index contributed by atoms with van der Waals surface area (Å²) in [5.74, 6) is 0.876. The number of rotatable bonds is 5. The summed E-state index contributed by atoms with van der Waals surface area (Å²) in [5, 5.41) is 0. The summed E-state index contributed by atoms with van der Waals surface area (Å²) in [7, 11) is 2.14. The number of ether oxygens (including phenoxy) is 1. The van der Waals surface area contributed by atoms with E-state index in [0.29, 0.717) is 12.6 Å². The van der Waals surface area contributed by atoms with Gasteiger partial charge in [0.2, 0.25) is 0 Å². The van der Waals surface area contributed by atoms with Gasteiger partial charge in [-0.05, 0) is 43.7 Å². The summed E-state index contributed by atoms with van der Waals surface area (Å²) in [4.78, 5) is 2.33. The molecular formula is C15H26N2O. The highest BCUT2D eigenvalue weighted by atomic mass is 16.5. The topological polar surface area (TPSA) is 38.5 Å². The highest BCUT2D eigenvalue weighted by Crippen LogP contribution is 2.22.